The van der Waals surface area contributed by atoms with Crippen LogP contribution in [0.1, 0.15) is 5.56 Å². The molecule has 5 nitrogen and oxygen atoms in total. The highest BCUT2D eigenvalue weighted by atomic mass is 35.5. The molecule has 128 valence electrons. The number of nitrogens with one attached hydrogen (secondary N) is 2. The molecule has 1 heterocycles. The van der Waals surface area contributed by atoms with Crippen LogP contribution in [0, 0.1) is 0 Å². The van der Waals surface area contributed by atoms with Gasteiger partial charge in [0, 0.05) is 39.3 Å². The van der Waals surface area contributed by atoms with Gasteiger partial charge in [-0.1, -0.05) is 30.3 Å². The second-order valence-electron chi connectivity index (χ2n) is 5.04. The number of halogens is 2. The molecule has 0 spiro atoms. The standard InChI is InChI=1S/C14H23N3O2S.2ClH/c18-20(19,13-6-14-4-2-1-3-5-14)16-9-12-17-10-7-15-8-11-17;;/h1-5,15-16H,6-13H2;2*1H. The number of hydrogen-bond acceptors (Lipinski definition) is 4. The Morgan fingerprint density at radius 2 is 1.73 bits per heavy atom. The Labute approximate surface area is 145 Å². The van der Waals surface area contributed by atoms with E-state index in [1.54, 1.807) is 0 Å². The highest BCUT2D eigenvalue weighted by Crippen LogP contribution is 2.01. The van der Waals surface area contributed by atoms with Gasteiger partial charge < -0.3 is 5.32 Å². The summed E-state index contributed by atoms with van der Waals surface area (Å²) in [6, 6.07) is 9.70. The zero-order valence-electron chi connectivity index (χ0n) is 12.5. The summed E-state index contributed by atoms with van der Waals surface area (Å²) < 4.78 is 26.5. The Balaban J connectivity index is 0.00000220. The van der Waals surface area contributed by atoms with Crippen LogP contribution < -0.4 is 10.0 Å². The Morgan fingerprint density at radius 1 is 1.09 bits per heavy atom. The minimum absolute atomic E-state index is 0. The van der Waals surface area contributed by atoms with Crippen LogP contribution >= 0.6 is 24.8 Å². The summed E-state index contributed by atoms with van der Waals surface area (Å²) in [7, 11) is -3.17. The van der Waals surface area contributed by atoms with Gasteiger partial charge >= 0.3 is 0 Å². The van der Waals surface area contributed by atoms with Crippen molar-refractivity contribution in [3.63, 3.8) is 0 Å². The van der Waals surface area contributed by atoms with E-state index in [4.69, 9.17) is 0 Å². The van der Waals surface area contributed by atoms with Gasteiger partial charge in [-0.3, -0.25) is 4.90 Å². The van der Waals surface area contributed by atoms with Gasteiger partial charge in [0.2, 0.25) is 10.0 Å². The maximum atomic E-state index is 11.9. The number of nitrogens with zero attached hydrogens (tertiary/aromatic N) is 1. The fraction of sp³-hybridized carbons (Fsp3) is 0.571. The summed E-state index contributed by atoms with van der Waals surface area (Å²) in [4.78, 5) is 2.27. The summed E-state index contributed by atoms with van der Waals surface area (Å²) in [5.41, 5.74) is 1.06. The molecule has 1 aliphatic rings. The van der Waals surface area contributed by atoms with Crippen molar-refractivity contribution in [2.45, 2.75) is 6.42 Å². The Hall–Kier alpha value is -0.370. The predicted molar refractivity (Wildman–Crippen MR) is 95.7 cm³/mol. The molecule has 0 radical (unpaired) electrons. The molecular weight excluding hydrogens is 345 g/mol. The van der Waals surface area contributed by atoms with Crippen LogP contribution in [0.5, 0.6) is 0 Å². The van der Waals surface area contributed by atoms with E-state index in [9.17, 15) is 8.42 Å². The lowest BCUT2D eigenvalue weighted by atomic mass is 10.2. The van der Waals surface area contributed by atoms with Crippen LogP contribution in [0.3, 0.4) is 0 Å². The maximum absolute atomic E-state index is 11.9. The lowest BCUT2D eigenvalue weighted by molar-refractivity contribution is 0.245. The predicted octanol–water partition coefficient (Wildman–Crippen LogP) is 0.897. The normalized spacial score (nSPS) is 15.6. The third kappa shape index (κ3) is 8.31. The number of piperazine rings is 1. The molecule has 0 bridgehead atoms. The molecule has 0 amide bonds. The molecule has 0 aromatic heterocycles. The van der Waals surface area contributed by atoms with Crippen LogP contribution in [0.15, 0.2) is 30.3 Å². The van der Waals surface area contributed by atoms with E-state index in [-0.39, 0.29) is 30.6 Å². The molecule has 2 rings (SSSR count). The Morgan fingerprint density at radius 3 is 2.36 bits per heavy atom. The monoisotopic (exact) mass is 369 g/mol. The molecule has 0 unspecified atom stereocenters. The van der Waals surface area contributed by atoms with E-state index in [0.29, 0.717) is 13.0 Å². The molecule has 0 aliphatic carbocycles. The highest BCUT2D eigenvalue weighted by Gasteiger charge is 2.12. The van der Waals surface area contributed by atoms with Gasteiger partial charge in [-0.05, 0) is 12.0 Å². The first-order valence-electron chi connectivity index (χ1n) is 7.10. The molecule has 1 aliphatic heterocycles. The summed E-state index contributed by atoms with van der Waals surface area (Å²) in [5.74, 6) is 0.151. The number of hydrogen-bond donors (Lipinski definition) is 2. The minimum atomic E-state index is -3.17. The smallest absolute Gasteiger partial charge is 0.211 e. The fourth-order valence-corrected chi connectivity index (χ4v) is 3.31. The highest BCUT2D eigenvalue weighted by molar-refractivity contribution is 7.89. The first-order chi connectivity index (χ1) is 9.66. The summed E-state index contributed by atoms with van der Waals surface area (Å²) in [5, 5.41) is 3.28. The molecule has 1 fully saturated rings. The van der Waals surface area contributed by atoms with Crippen molar-refractivity contribution in [2.24, 2.45) is 0 Å². The van der Waals surface area contributed by atoms with Crippen molar-refractivity contribution in [3.05, 3.63) is 35.9 Å². The first-order valence-corrected chi connectivity index (χ1v) is 8.75. The van der Waals surface area contributed by atoms with Crippen LogP contribution in [0.25, 0.3) is 0 Å². The lowest BCUT2D eigenvalue weighted by Gasteiger charge is -2.27. The molecule has 1 saturated heterocycles. The third-order valence-electron chi connectivity index (χ3n) is 3.46. The van der Waals surface area contributed by atoms with E-state index >= 15 is 0 Å². The average Bonchev–Trinajstić information content (AvgIpc) is 2.47. The number of rotatable bonds is 7. The van der Waals surface area contributed by atoms with Crippen LogP contribution in [-0.4, -0.2) is 58.3 Å². The van der Waals surface area contributed by atoms with Crippen molar-refractivity contribution in [3.8, 4) is 0 Å². The summed E-state index contributed by atoms with van der Waals surface area (Å²) >= 11 is 0. The van der Waals surface area contributed by atoms with Gasteiger partial charge in [-0.2, -0.15) is 0 Å². The van der Waals surface area contributed by atoms with Crippen molar-refractivity contribution < 1.29 is 8.42 Å². The SMILES string of the molecule is Cl.Cl.O=S(=O)(CCc1ccccc1)NCCN1CCNCC1. The second-order valence-corrected chi connectivity index (χ2v) is 6.97. The molecule has 0 atom stereocenters. The van der Waals surface area contributed by atoms with Crippen molar-refractivity contribution in [1.82, 2.24) is 14.9 Å². The van der Waals surface area contributed by atoms with E-state index in [2.05, 4.69) is 14.9 Å². The van der Waals surface area contributed by atoms with Gasteiger partial charge in [0.1, 0.15) is 0 Å². The molecule has 1 aromatic rings. The van der Waals surface area contributed by atoms with Crippen molar-refractivity contribution in [1.29, 1.82) is 0 Å². The minimum Gasteiger partial charge on any atom is -0.314 e. The Bertz CT molecular complexity index is 494. The van der Waals surface area contributed by atoms with E-state index in [1.807, 2.05) is 30.3 Å². The molecule has 8 heteroatoms. The van der Waals surface area contributed by atoms with Crippen LogP contribution in [0.4, 0.5) is 0 Å². The maximum Gasteiger partial charge on any atom is 0.211 e. The van der Waals surface area contributed by atoms with Gasteiger partial charge in [0.25, 0.3) is 0 Å². The van der Waals surface area contributed by atoms with E-state index < -0.39 is 10.0 Å². The van der Waals surface area contributed by atoms with E-state index in [1.165, 1.54) is 0 Å². The topological polar surface area (TPSA) is 61.4 Å². The third-order valence-corrected chi connectivity index (χ3v) is 4.85. The van der Waals surface area contributed by atoms with Crippen molar-refractivity contribution in [2.75, 3.05) is 45.0 Å². The van der Waals surface area contributed by atoms with Gasteiger partial charge in [0.05, 0.1) is 5.75 Å². The van der Waals surface area contributed by atoms with Gasteiger partial charge in [-0.25, -0.2) is 13.1 Å². The number of aryl methyl sites for hydroxylation is 1. The first kappa shape index (κ1) is 21.6. The van der Waals surface area contributed by atoms with Crippen molar-refractivity contribution >= 4 is 34.8 Å². The molecule has 0 saturated carbocycles. The number of benzene rings is 1. The average molecular weight is 370 g/mol. The van der Waals surface area contributed by atoms with E-state index in [0.717, 1.165) is 38.3 Å². The largest absolute Gasteiger partial charge is 0.314 e. The second kappa shape index (κ2) is 11.2. The molecule has 2 N–H and O–H groups in total. The van der Waals surface area contributed by atoms with Gasteiger partial charge in [0.15, 0.2) is 0 Å². The Kier molecular flexibility index (Phi) is 11.0. The lowest BCUT2D eigenvalue weighted by Crippen LogP contribution is -2.46. The summed E-state index contributed by atoms with van der Waals surface area (Å²) in [6.07, 6.45) is 0.559. The molecular formula is C14H25Cl2N3O2S. The summed E-state index contributed by atoms with van der Waals surface area (Å²) in [6.45, 7) is 5.24. The zero-order valence-corrected chi connectivity index (χ0v) is 15.0. The quantitative estimate of drug-likeness (QED) is 0.749. The number of sulfonamides is 1. The zero-order chi connectivity index (χ0) is 14.3. The fourth-order valence-electron chi connectivity index (χ4n) is 2.26. The van der Waals surface area contributed by atoms with Crippen LogP contribution in [0.2, 0.25) is 0 Å². The molecule has 1 aromatic carbocycles. The van der Waals surface area contributed by atoms with Crippen LogP contribution in [-0.2, 0) is 16.4 Å². The van der Waals surface area contributed by atoms with Gasteiger partial charge in [-0.15, -0.1) is 24.8 Å². The molecule has 22 heavy (non-hydrogen) atoms.